The Bertz CT molecular complexity index is 1070. The Morgan fingerprint density at radius 2 is 2.10 bits per heavy atom. The molecule has 1 aliphatic rings. The Hall–Kier alpha value is -2.73. The first kappa shape index (κ1) is 19.6. The summed E-state index contributed by atoms with van der Waals surface area (Å²) >= 11 is 0. The maximum Gasteiger partial charge on any atom is 0.244 e. The molecule has 1 saturated heterocycles. The molecule has 3 aromatic heterocycles. The summed E-state index contributed by atoms with van der Waals surface area (Å²) in [5.74, 6) is 0.980. The molecule has 0 saturated carbocycles. The van der Waals surface area contributed by atoms with Crippen LogP contribution < -0.4 is 10.1 Å². The summed E-state index contributed by atoms with van der Waals surface area (Å²) in [6.45, 7) is 3.53. The van der Waals surface area contributed by atoms with E-state index in [4.69, 9.17) is 4.74 Å². The molecular formula is C17H24N8O3S. The molecule has 11 nitrogen and oxygen atoms in total. The molecule has 4 rings (SSSR count). The Kier molecular flexibility index (Phi) is 5.37. The van der Waals surface area contributed by atoms with Gasteiger partial charge in [0, 0.05) is 30.9 Å². The van der Waals surface area contributed by atoms with E-state index in [2.05, 4.69) is 30.6 Å². The normalized spacial score (nSPS) is 16.3. The monoisotopic (exact) mass is 420 g/mol. The number of rotatable bonds is 7. The number of H-pyrrole nitrogens is 1. The van der Waals surface area contributed by atoms with Gasteiger partial charge in [-0.2, -0.15) is 14.6 Å². The third-order valence-corrected chi connectivity index (χ3v) is 6.11. The second kappa shape index (κ2) is 7.95. The van der Waals surface area contributed by atoms with Gasteiger partial charge in [-0.05, 0) is 19.3 Å². The van der Waals surface area contributed by atoms with Crippen molar-refractivity contribution >= 4 is 21.6 Å². The Balaban J connectivity index is 1.57. The Morgan fingerprint density at radius 3 is 2.76 bits per heavy atom. The average Bonchev–Trinajstić information content (AvgIpc) is 3.35. The zero-order valence-electron chi connectivity index (χ0n) is 16.4. The average molecular weight is 420 g/mol. The van der Waals surface area contributed by atoms with E-state index in [1.54, 1.807) is 23.1 Å². The summed E-state index contributed by atoms with van der Waals surface area (Å²) in [5, 5.41) is 14.6. The van der Waals surface area contributed by atoms with Crippen LogP contribution in [0.3, 0.4) is 0 Å². The quantitative estimate of drug-likeness (QED) is 0.582. The van der Waals surface area contributed by atoms with E-state index in [1.807, 2.05) is 6.92 Å². The van der Waals surface area contributed by atoms with Gasteiger partial charge in [0.05, 0.1) is 25.3 Å². The topological polar surface area (TPSA) is 130 Å². The fourth-order valence-corrected chi connectivity index (χ4v) is 4.19. The molecule has 0 spiro atoms. The largest absolute Gasteiger partial charge is 0.476 e. The van der Waals surface area contributed by atoms with Crippen LogP contribution in [0.2, 0.25) is 0 Å². The van der Waals surface area contributed by atoms with Crippen LogP contribution in [0, 0.1) is 0 Å². The van der Waals surface area contributed by atoms with Crippen molar-refractivity contribution in [3.8, 4) is 17.1 Å². The van der Waals surface area contributed by atoms with Crippen LogP contribution >= 0.6 is 0 Å². The molecule has 0 bridgehead atoms. The third-order valence-electron chi connectivity index (χ3n) is 4.81. The first-order chi connectivity index (χ1) is 14.0. The number of piperidine rings is 1. The zero-order valence-corrected chi connectivity index (χ0v) is 17.2. The van der Waals surface area contributed by atoms with Crippen LogP contribution in [0.15, 0.2) is 18.6 Å². The van der Waals surface area contributed by atoms with E-state index < -0.39 is 10.0 Å². The van der Waals surface area contributed by atoms with Crippen molar-refractivity contribution in [2.24, 2.45) is 0 Å². The van der Waals surface area contributed by atoms with E-state index in [-0.39, 0.29) is 6.04 Å². The van der Waals surface area contributed by atoms with Crippen molar-refractivity contribution in [3.63, 3.8) is 0 Å². The maximum atomic E-state index is 11.7. The molecule has 12 heteroatoms. The lowest BCUT2D eigenvalue weighted by Crippen LogP contribution is -2.41. The summed E-state index contributed by atoms with van der Waals surface area (Å²) in [7, 11) is -3.15. The maximum absolute atomic E-state index is 11.7. The van der Waals surface area contributed by atoms with Crippen molar-refractivity contribution in [2.75, 3.05) is 31.3 Å². The molecule has 3 aromatic rings. The van der Waals surface area contributed by atoms with Gasteiger partial charge in [-0.1, -0.05) is 6.92 Å². The van der Waals surface area contributed by atoms with Gasteiger partial charge in [0.25, 0.3) is 0 Å². The Labute approximate surface area is 168 Å². The molecule has 0 unspecified atom stereocenters. The van der Waals surface area contributed by atoms with Crippen LogP contribution in [0.1, 0.15) is 26.2 Å². The van der Waals surface area contributed by atoms with Crippen molar-refractivity contribution in [1.29, 1.82) is 0 Å². The van der Waals surface area contributed by atoms with Gasteiger partial charge in [-0.3, -0.25) is 5.10 Å². The van der Waals surface area contributed by atoms with Crippen LogP contribution in [0.25, 0.3) is 16.9 Å². The first-order valence-electron chi connectivity index (χ1n) is 9.55. The predicted molar refractivity (Wildman–Crippen MR) is 107 cm³/mol. The number of nitrogens with zero attached hydrogens (tertiary/aromatic N) is 6. The lowest BCUT2D eigenvalue weighted by atomic mass is 10.1. The van der Waals surface area contributed by atoms with Crippen molar-refractivity contribution in [3.05, 3.63) is 18.6 Å². The summed E-state index contributed by atoms with van der Waals surface area (Å²) in [5.41, 5.74) is 2.01. The number of ether oxygens (including phenoxy) is 1. The smallest absolute Gasteiger partial charge is 0.244 e. The van der Waals surface area contributed by atoms with Gasteiger partial charge in [0.15, 0.2) is 5.65 Å². The molecule has 2 N–H and O–H groups in total. The summed E-state index contributed by atoms with van der Waals surface area (Å²) in [6, 6.07) is 0.103. The molecule has 29 heavy (non-hydrogen) atoms. The highest BCUT2D eigenvalue weighted by molar-refractivity contribution is 7.88. The van der Waals surface area contributed by atoms with Crippen molar-refractivity contribution in [2.45, 2.75) is 32.2 Å². The van der Waals surface area contributed by atoms with E-state index >= 15 is 0 Å². The summed E-state index contributed by atoms with van der Waals surface area (Å²) < 4.78 is 32.4. The number of aromatic nitrogens is 6. The van der Waals surface area contributed by atoms with Crippen LogP contribution in [0.5, 0.6) is 5.88 Å². The van der Waals surface area contributed by atoms with E-state index in [9.17, 15) is 8.42 Å². The minimum atomic E-state index is -3.15. The number of aromatic amines is 1. The second-order valence-electron chi connectivity index (χ2n) is 7.03. The predicted octanol–water partition coefficient (Wildman–Crippen LogP) is 1.14. The highest BCUT2D eigenvalue weighted by atomic mass is 32.2. The van der Waals surface area contributed by atoms with Gasteiger partial charge in [-0.25, -0.2) is 17.7 Å². The molecule has 1 aliphatic heterocycles. The van der Waals surface area contributed by atoms with Gasteiger partial charge in [0.1, 0.15) is 5.69 Å². The molecule has 0 aromatic carbocycles. The van der Waals surface area contributed by atoms with Gasteiger partial charge < -0.3 is 10.1 Å². The number of fused-ring (bicyclic) bond motifs is 1. The lowest BCUT2D eigenvalue weighted by Gasteiger charge is -2.30. The molecule has 0 radical (unpaired) electrons. The van der Waals surface area contributed by atoms with Gasteiger partial charge >= 0.3 is 0 Å². The lowest BCUT2D eigenvalue weighted by molar-refractivity contribution is 0.297. The molecule has 156 valence electrons. The second-order valence-corrected chi connectivity index (χ2v) is 9.02. The van der Waals surface area contributed by atoms with Crippen LogP contribution in [-0.4, -0.2) is 74.5 Å². The van der Waals surface area contributed by atoms with Crippen molar-refractivity contribution in [1.82, 2.24) is 34.1 Å². The number of sulfonamides is 1. The molecular weight excluding hydrogens is 396 g/mol. The number of hydrogen-bond donors (Lipinski definition) is 2. The van der Waals surface area contributed by atoms with Gasteiger partial charge in [-0.15, -0.1) is 5.10 Å². The van der Waals surface area contributed by atoms with Crippen LogP contribution in [-0.2, 0) is 10.0 Å². The number of nitrogens with one attached hydrogen (secondary N) is 2. The van der Waals surface area contributed by atoms with Crippen molar-refractivity contribution < 1.29 is 13.2 Å². The highest BCUT2D eigenvalue weighted by Crippen LogP contribution is 2.28. The molecule has 4 heterocycles. The summed E-state index contributed by atoms with van der Waals surface area (Å²) in [6.07, 6.45) is 8.55. The number of hydrogen-bond acceptors (Lipinski definition) is 8. The fraction of sp³-hybridized carbons (Fsp3) is 0.529. The molecule has 0 amide bonds. The molecule has 0 aliphatic carbocycles. The summed E-state index contributed by atoms with van der Waals surface area (Å²) in [4.78, 5) is 9.00. The third kappa shape index (κ3) is 4.17. The highest BCUT2D eigenvalue weighted by Gasteiger charge is 2.26. The molecule has 0 atom stereocenters. The minimum absolute atomic E-state index is 0.103. The Morgan fingerprint density at radius 1 is 1.31 bits per heavy atom. The minimum Gasteiger partial charge on any atom is -0.476 e. The SMILES string of the molecule is CCCOc1c(-c2cn[nH]c2)ncc2nc(NC3CCN(S(C)(=O)=O)CC3)nn12. The van der Waals surface area contributed by atoms with E-state index in [1.165, 1.54) is 10.6 Å². The fourth-order valence-electron chi connectivity index (χ4n) is 3.32. The van der Waals surface area contributed by atoms with Gasteiger partial charge in [0.2, 0.25) is 21.9 Å². The van der Waals surface area contributed by atoms with E-state index in [0.717, 1.165) is 12.0 Å². The molecule has 1 fully saturated rings. The number of anilines is 1. The first-order valence-corrected chi connectivity index (χ1v) is 11.4. The van der Waals surface area contributed by atoms with Crippen LogP contribution in [0.4, 0.5) is 5.95 Å². The standard InChI is InChI=1S/C17H24N8O3S/c1-3-8-28-16-15(12-9-19-20-10-12)18-11-14-22-17(23-25(14)16)21-13-4-6-24(7-5-13)29(2,26)27/h9-11,13H,3-8H2,1-2H3,(H,19,20)(H,21,23). The zero-order chi connectivity index (χ0) is 20.4. The van der Waals surface area contributed by atoms with E-state index in [0.29, 0.717) is 55.7 Å².